The third-order valence-electron chi connectivity index (χ3n) is 11.2. The molecule has 8 aromatic carbocycles. The highest BCUT2D eigenvalue weighted by molar-refractivity contribution is 6.19. The number of para-hydroxylation sites is 3. The monoisotopic (exact) mass is 729 g/mol. The Morgan fingerprint density at radius 1 is 0.386 bits per heavy atom. The summed E-state index contributed by atoms with van der Waals surface area (Å²) in [6.07, 6.45) is 0. The molecule has 0 N–H and O–H groups in total. The SMILES string of the molecule is c1ccc(-c2cc(-c3ccccc3)c3oc4cccc(-c5nc(-c6ccc7c8ccccc8n(-c8ccccc8)c7c6)nc6c5oc5ccccc56)c4c3c2)cc1. The van der Waals surface area contributed by atoms with E-state index in [4.69, 9.17) is 18.8 Å². The van der Waals surface area contributed by atoms with Crippen molar-refractivity contribution in [2.45, 2.75) is 0 Å². The number of aromatic nitrogens is 3. The van der Waals surface area contributed by atoms with Crippen molar-refractivity contribution in [1.29, 1.82) is 0 Å². The molecule has 0 unspecified atom stereocenters. The lowest BCUT2D eigenvalue weighted by atomic mass is 9.94. The molecule has 0 aliphatic rings. The van der Waals surface area contributed by atoms with E-state index in [0.29, 0.717) is 11.4 Å². The minimum atomic E-state index is 0.621. The Morgan fingerprint density at radius 2 is 1.05 bits per heavy atom. The van der Waals surface area contributed by atoms with Gasteiger partial charge in [-0.05, 0) is 71.3 Å². The van der Waals surface area contributed by atoms with Gasteiger partial charge in [0.05, 0.1) is 11.0 Å². The van der Waals surface area contributed by atoms with Crippen molar-refractivity contribution in [1.82, 2.24) is 14.5 Å². The summed E-state index contributed by atoms with van der Waals surface area (Å²) in [6, 6.07) is 65.5. The fraction of sp³-hybridized carbons (Fsp3) is 0. The number of fused-ring (bicyclic) bond motifs is 9. The fourth-order valence-corrected chi connectivity index (χ4v) is 8.62. The molecule has 266 valence electrons. The topological polar surface area (TPSA) is 57.0 Å². The second-order valence-corrected chi connectivity index (χ2v) is 14.5. The summed E-state index contributed by atoms with van der Waals surface area (Å²) in [5, 5.41) is 5.31. The average Bonchev–Trinajstić information content (AvgIpc) is 3.96. The van der Waals surface area contributed by atoms with Gasteiger partial charge in [0, 0.05) is 49.3 Å². The van der Waals surface area contributed by atoms with Gasteiger partial charge in [-0.3, -0.25) is 0 Å². The van der Waals surface area contributed by atoms with Crippen molar-refractivity contribution in [3.8, 4) is 50.6 Å². The first-order valence-corrected chi connectivity index (χ1v) is 19.2. The summed E-state index contributed by atoms with van der Waals surface area (Å²) < 4.78 is 15.8. The smallest absolute Gasteiger partial charge is 0.180 e. The summed E-state index contributed by atoms with van der Waals surface area (Å²) in [4.78, 5) is 10.7. The molecule has 0 bridgehead atoms. The van der Waals surface area contributed by atoms with Gasteiger partial charge in [0.15, 0.2) is 11.4 Å². The Hall–Kier alpha value is -7.76. The van der Waals surface area contributed by atoms with Crippen LogP contribution >= 0.6 is 0 Å². The molecular weight excluding hydrogens is 699 g/mol. The number of furan rings is 2. The Balaban J connectivity index is 1.16. The van der Waals surface area contributed by atoms with Gasteiger partial charge in [0.1, 0.15) is 28.0 Å². The maximum Gasteiger partial charge on any atom is 0.180 e. The molecule has 0 fully saturated rings. The van der Waals surface area contributed by atoms with E-state index in [-0.39, 0.29) is 0 Å². The number of nitrogens with zero attached hydrogens (tertiary/aromatic N) is 3. The second-order valence-electron chi connectivity index (χ2n) is 14.5. The number of hydrogen-bond acceptors (Lipinski definition) is 4. The van der Waals surface area contributed by atoms with Gasteiger partial charge >= 0.3 is 0 Å². The molecule has 12 rings (SSSR count). The molecule has 5 nitrogen and oxygen atoms in total. The van der Waals surface area contributed by atoms with E-state index < -0.39 is 0 Å². The molecule has 0 aliphatic heterocycles. The van der Waals surface area contributed by atoms with Crippen LogP contribution in [0.25, 0.3) is 116 Å². The molecule has 5 heteroatoms. The molecule has 0 saturated carbocycles. The summed E-state index contributed by atoms with van der Waals surface area (Å²) in [5.41, 5.74) is 14.1. The zero-order valence-electron chi connectivity index (χ0n) is 30.6. The first-order valence-electron chi connectivity index (χ1n) is 19.2. The van der Waals surface area contributed by atoms with Gasteiger partial charge in [-0.2, -0.15) is 0 Å². The van der Waals surface area contributed by atoms with Crippen LogP contribution in [-0.2, 0) is 0 Å². The predicted octanol–water partition coefficient (Wildman–Crippen LogP) is 14.0. The van der Waals surface area contributed by atoms with Crippen LogP contribution in [-0.4, -0.2) is 14.5 Å². The molecule has 0 aliphatic carbocycles. The zero-order chi connectivity index (χ0) is 37.5. The molecule has 4 heterocycles. The summed E-state index contributed by atoms with van der Waals surface area (Å²) in [6.45, 7) is 0. The molecular formula is C52H31N3O2. The molecule has 0 radical (unpaired) electrons. The molecule has 0 spiro atoms. The first-order chi connectivity index (χ1) is 28.3. The van der Waals surface area contributed by atoms with Gasteiger partial charge in [-0.15, -0.1) is 0 Å². The van der Waals surface area contributed by atoms with Gasteiger partial charge in [-0.25, -0.2) is 9.97 Å². The molecule has 0 amide bonds. The van der Waals surface area contributed by atoms with Crippen molar-refractivity contribution < 1.29 is 8.83 Å². The highest BCUT2D eigenvalue weighted by atomic mass is 16.3. The van der Waals surface area contributed by atoms with Crippen molar-refractivity contribution in [2.24, 2.45) is 0 Å². The predicted molar refractivity (Wildman–Crippen MR) is 233 cm³/mol. The fourth-order valence-electron chi connectivity index (χ4n) is 8.62. The van der Waals surface area contributed by atoms with E-state index in [1.54, 1.807) is 0 Å². The van der Waals surface area contributed by atoms with E-state index in [1.807, 2.05) is 36.4 Å². The summed E-state index contributed by atoms with van der Waals surface area (Å²) >= 11 is 0. The van der Waals surface area contributed by atoms with E-state index in [9.17, 15) is 0 Å². The minimum absolute atomic E-state index is 0.621. The molecule has 4 aromatic heterocycles. The third kappa shape index (κ3) is 4.89. The van der Waals surface area contributed by atoms with Crippen molar-refractivity contribution >= 4 is 65.8 Å². The standard InChI is InChI=1S/C52H31N3O2/c1-4-15-32(16-5-1)35-29-41(33-17-6-2-7-18-33)50-42(30-35)47-40(23-14-26-46(47)57-50)49-51-48(39-22-11-13-25-45(39)56-51)53-52(54-49)34-27-28-38-37-21-10-12-24-43(37)55(44(38)31-34)36-19-8-3-9-20-36/h1-31H. The van der Waals surface area contributed by atoms with Crippen LogP contribution in [0.3, 0.4) is 0 Å². The largest absolute Gasteiger partial charge is 0.455 e. The van der Waals surface area contributed by atoms with Crippen LogP contribution in [0.1, 0.15) is 0 Å². The molecule has 0 atom stereocenters. The Morgan fingerprint density at radius 3 is 1.88 bits per heavy atom. The van der Waals surface area contributed by atoms with Crippen LogP contribution < -0.4 is 0 Å². The second kappa shape index (κ2) is 12.4. The highest BCUT2D eigenvalue weighted by Gasteiger charge is 2.24. The lowest BCUT2D eigenvalue weighted by Crippen LogP contribution is -1.96. The van der Waals surface area contributed by atoms with Crippen molar-refractivity contribution in [3.05, 3.63) is 188 Å². The van der Waals surface area contributed by atoms with Gasteiger partial charge in [-0.1, -0.05) is 133 Å². The van der Waals surface area contributed by atoms with E-state index >= 15 is 0 Å². The molecule has 0 saturated heterocycles. The van der Waals surface area contributed by atoms with Crippen LogP contribution in [0.5, 0.6) is 0 Å². The Labute approximate surface area is 326 Å². The van der Waals surface area contributed by atoms with Crippen LogP contribution in [0, 0.1) is 0 Å². The Bertz CT molecular complexity index is 3510. The van der Waals surface area contributed by atoms with Gasteiger partial charge in [0.25, 0.3) is 0 Å². The van der Waals surface area contributed by atoms with E-state index in [1.165, 1.54) is 10.8 Å². The van der Waals surface area contributed by atoms with Gasteiger partial charge in [0.2, 0.25) is 0 Å². The van der Waals surface area contributed by atoms with Crippen molar-refractivity contribution in [2.75, 3.05) is 0 Å². The normalized spacial score (nSPS) is 11.9. The number of benzene rings is 8. The molecule has 12 aromatic rings. The lowest BCUT2D eigenvalue weighted by Gasteiger charge is -2.10. The maximum atomic E-state index is 6.83. The minimum Gasteiger partial charge on any atom is -0.455 e. The first kappa shape index (κ1) is 31.6. The number of hydrogen-bond donors (Lipinski definition) is 0. The quantitative estimate of drug-likeness (QED) is 0.177. The zero-order valence-corrected chi connectivity index (χ0v) is 30.6. The van der Waals surface area contributed by atoms with Crippen LogP contribution in [0.15, 0.2) is 197 Å². The number of rotatable bonds is 5. The average molecular weight is 730 g/mol. The third-order valence-corrected chi connectivity index (χ3v) is 11.2. The van der Waals surface area contributed by atoms with E-state index in [2.05, 4.69) is 156 Å². The highest BCUT2D eigenvalue weighted by Crippen LogP contribution is 2.45. The van der Waals surface area contributed by atoms with E-state index in [0.717, 1.165) is 94.2 Å². The summed E-state index contributed by atoms with van der Waals surface area (Å²) in [5.74, 6) is 0.621. The Kier molecular flexibility index (Phi) is 6.86. The van der Waals surface area contributed by atoms with Gasteiger partial charge < -0.3 is 13.4 Å². The molecule has 57 heavy (non-hydrogen) atoms. The van der Waals surface area contributed by atoms with Crippen molar-refractivity contribution in [3.63, 3.8) is 0 Å². The maximum absolute atomic E-state index is 6.83. The van der Waals surface area contributed by atoms with Crippen LogP contribution in [0.4, 0.5) is 0 Å². The lowest BCUT2D eigenvalue weighted by molar-refractivity contribution is 0.667. The summed E-state index contributed by atoms with van der Waals surface area (Å²) in [7, 11) is 0. The van der Waals surface area contributed by atoms with Crippen LogP contribution in [0.2, 0.25) is 0 Å².